The zero-order valence-corrected chi connectivity index (χ0v) is 23.6. The van der Waals surface area contributed by atoms with Gasteiger partial charge in [-0.2, -0.15) is 0 Å². The number of rotatable bonds is 5. The summed E-state index contributed by atoms with van der Waals surface area (Å²) >= 11 is 0. The summed E-state index contributed by atoms with van der Waals surface area (Å²) in [5, 5.41) is 0.951. The number of anilines is 1. The zero-order valence-electron chi connectivity index (χ0n) is 23.6. The van der Waals surface area contributed by atoms with E-state index in [-0.39, 0.29) is 36.1 Å². The van der Waals surface area contributed by atoms with Crippen molar-refractivity contribution in [1.29, 1.82) is 0 Å². The number of furan rings is 1. The highest BCUT2D eigenvalue weighted by molar-refractivity contribution is 6.23. The summed E-state index contributed by atoms with van der Waals surface area (Å²) in [4.78, 5) is 64.7. The van der Waals surface area contributed by atoms with Crippen LogP contribution in [0.1, 0.15) is 49.7 Å². The number of para-hydroxylation sites is 1. The Bertz CT molecular complexity index is 1730. The van der Waals surface area contributed by atoms with E-state index < -0.39 is 0 Å². The van der Waals surface area contributed by atoms with Crippen molar-refractivity contribution in [3.8, 4) is 0 Å². The van der Waals surface area contributed by atoms with E-state index in [0.29, 0.717) is 61.8 Å². The van der Waals surface area contributed by atoms with E-state index >= 15 is 0 Å². The van der Waals surface area contributed by atoms with Crippen LogP contribution in [0.2, 0.25) is 0 Å². The Morgan fingerprint density at radius 2 is 1.70 bits per heavy atom. The van der Waals surface area contributed by atoms with Crippen LogP contribution in [0.4, 0.5) is 5.69 Å². The minimum absolute atomic E-state index is 0.0650. The van der Waals surface area contributed by atoms with Crippen LogP contribution in [-0.4, -0.2) is 82.6 Å². The van der Waals surface area contributed by atoms with Gasteiger partial charge in [0, 0.05) is 50.9 Å². The number of carbonyl (C=O) groups is 4. The minimum atomic E-state index is -0.324. The summed E-state index contributed by atoms with van der Waals surface area (Å²) in [6.07, 6.45) is 4.74. The number of pyridine rings is 1. The molecular weight excluding hydrogens is 546 g/mol. The minimum Gasteiger partial charge on any atom is -0.459 e. The molecule has 218 valence electrons. The molecule has 10 heteroatoms. The van der Waals surface area contributed by atoms with Gasteiger partial charge in [-0.25, -0.2) is 0 Å². The molecule has 0 saturated carbocycles. The Labute approximate surface area is 248 Å². The summed E-state index contributed by atoms with van der Waals surface area (Å²) in [6, 6.07) is 18.4. The van der Waals surface area contributed by atoms with E-state index in [0.717, 1.165) is 29.3 Å². The third kappa shape index (κ3) is 4.92. The van der Waals surface area contributed by atoms with Crippen molar-refractivity contribution in [3.05, 3.63) is 95.6 Å². The number of hydrogen-bond acceptors (Lipinski definition) is 7. The molecule has 0 unspecified atom stereocenters. The van der Waals surface area contributed by atoms with Gasteiger partial charge in [-0.3, -0.25) is 29.1 Å². The Morgan fingerprint density at radius 1 is 0.884 bits per heavy atom. The molecule has 0 radical (unpaired) electrons. The quantitative estimate of drug-likeness (QED) is 0.332. The van der Waals surface area contributed by atoms with Crippen LogP contribution in [-0.2, 0) is 11.3 Å². The second-order valence-electron chi connectivity index (χ2n) is 11.3. The summed E-state index contributed by atoms with van der Waals surface area (Å²) in [7, 11) is 0. The van der Waals surface area contributed by atoms with Crippen LogP contribution in [0.5, 0.6) is 0 Å². The average Bonchev–Trinajstić information content (AvgIpc) is 3.68. The third-order valence-electron chi connectivity index (χ3n) is 8.69. The van der Waals surface area contributed by atoms with Gasteiger partial charge in [0.15, 0.2) is 5.76 Å². The number of aromatic nitrogens is 1. The van der Waals surface area contributed by atoms with Gasteiger partial charge in [-0.05, 0) is 54.8 Å². The lowest BCUT2D eigenvalue weighted by Gasteiger charge is -2.39. The van der Waals surface area contributed by atoms with Crippen LogP contribution in [0.15, 0.2) is 77.5 Å². The number of imide groups is 1. The lowest BCUT2D eigenvalue weighted by molar-refractivity contribution is -0.137. The first-order chi connectivity index (χ1) is 21.0. The molecule has 1 atom stereocenters. The topological polar surface area (TPSA) is 107 Å². The zero-order chi connectivity index (χ0) is 29.5. The highest BCUT2D eigenvalue weighted by Gasteiger charge is 2.40. The van der Waals surface area contributed by atoms with Crippen molar-refractivity contribution in [3.63, 3.8) is 0 Å². The number of fused-ring (bicyclic) bond motifs is 2. The molecule has 4 aromatic rings. The average molecular weight is 578 g/mol. The Balaban J connectivity index is 1.04. The monoisotopic (exact) mass is 577 g/mol. The maximum absolute atomic E-state index is 13.7. The Hall–Kier alpha value is -4.99. The van der Waals surface area contributed by atoms with Crippen molar-refractivity contribution in [2.24, 2.45) is 5.92 Å². The number of piperazine rings is 1. The van der Waals surface area contributed by atoms with Crippen molar-refractivity contribution in [2.75, 3.05) is 44.2 Å². The largest absolute Gasteiger partial charge is 0.459 e. The van der Waals surface area contributed by atoms with Gasteiger partial charge >= 0.3 is 0 Å². The van der Waals surface area contributed by atoms with Crippen molar-refractivity contribution >= 4 is 40.2 Å². The van der Waals surface area contributed by atoms with Gasteiger partial charge in [0.1, 0.15) is 0 Å². The van der Waals surface area contributed by atoms with Crippen molar-refractivity contribution < 1.29 is 23.6 Å². The molecule has 2 aromatic carbocycles. The third-order valence-corrected chi connectivity index (χ3v) is 8.69. The summed E-state index contributed by atoms with van der Waals surface area (Å²) < 4.78 is 5.24. The number of piperidine rings is 1. The van der Waals surface area contributed by atoms with E-state index in [4.69, 9.17) is 4.42 Å². The van der Waals surface area contributed by atoms with Gasteiger partial charge in [0.25, 0.3) is 17.7 Å². The van der Waals surface area contributed by atoms with Crippen molar-refractivity contribution in [2.45, 2.75) is 19.4 Å². The Morgan fingerprint density at radius 3 is 2.51 bits per heavy atom. The highest BCUT2D eigenvalue weighted by Crippen LogP contribution is 2.35. The normalized spacial score (nSPS) is 18.8. The molecule has 0 N–H and O–H groups in total. The molecule has 2 aromatic heterocycles. The van der Waals surface area contributed by atoms with Crippen LogP contribution in [0.3, 0.4) is 0 Å². The lowest BCUT2D eigenvalue weighted by Crippen LogP contribution is -2.53. The summed E-state index contributed by atoms with van der Waals surface area (Å²) in [6.45, 7) is 3.14. The van der Waals surface area contributed by atoms with Crippen LogP contribution >= 0.6 is 0 Å². The molecule has 7 rings (SSSR count). The fourth-order valence-corrected chi connectivity index (χ4v) is 6.45. The van der Waals surface area contributed by atoms with Gasteiger partial charge in [-0.1, -0.05) is 24.3 Å². The number of nitrogens with zero attached hydrogens (tertiary/aromatic N) is 5. The van der Waals surface area contributed by atoms with E-state index in [9.17, 15) is 19.2 Å². The second-order valence-corrected chi connectivity index (χ2v) is 11.3. The summed E-state index contributed by atoms with van der Waals surface area (Å²) in [5.41, 5.74) is 3.13. The molecule has 43 heavy (non-hydrogen) atoms. The van der Waals surface area contributed by atoms with E-state index in [2.05, 4.69) is 9.88 Å². The molecule has 10 nitrogen and oxygen atoms in total. The van der Waals surface area contributed by atoms with E-state index in [1.165, 1.54) is 11.2 Å². The first-order valence-electron chi connectivity index (χ1n) is 14.7. The first kappa shape index (κ1) is 26.9. The highest BCUT2D eigenvalue weighted by atomic mass is 16.3. The fraction of sp³-hybridized carbons (Fsp3) is 0.303. The maximum atomic E-state index is 13.7. The number of amides is 4. The lowest BCUT2D eigenvalue weighted by atomic mass is 9.94. The molecule has 2 fully saturated rings. The SMILES string of the molecule is O=C(c1ccco1)N1CCN(C(=O)[C@@H]2CCCN(c3cccc4c3C(=O)N(Cc3cnc5ccccc5c3)C4=O)C2)CC1. The van der Waals surface area contributed by atoms with Crippen molar-refractivity contribution in [1.82, 2.24) is 19.7 Å². The molecule has 0 aliphatic carbocycles. The smallest absolute Gasteiger partial charge is 0.289 e. The molecule has 0 spiro atoms. The Kier molecular flexibility index (Phi) is 6.89. The molecule has 4 amide bonds. The van der Waals surface area contributed by atoms with Gasteiger partial charge in [0.05, 0.1) is 41.1 Å². The molecule has 0 bridgehead atoms. The molecule has 3 aliphatic rings. The number of carbonyl (C=O) groups excluding carboxylic acids is 4. The van der Waals surface area contributed by atoms with Crippen LogP contribution < -0.4 is 4.90 Å². The first-order valence-corrected chi connectivity index (χ1v) is 14.7. The maximum Gasteiger partial charge on any atom is 0.289 e. The standard InChI is InChI=1S/C33H31N5O5/c39-30(35-13-15-36(16-14-35)32(41)28-11-5-17-43-28)24-7-4-12-37(21-24)27-10-3-8-25-29(27)33(42)38(31(25)40)20-22-18-23-6-1-2-9-26(23)34-19-22/h1-3,5-6,8-11,17-19,24H,4,7,12-16,20-21H2/t24-/m1/s1. The number of benzene rings is 2. The van der Waals surface area contributed by atoms with Gasteiger partial charge < -0.3 is 19.1 Å². The van der Waals surface area contributed by atoms with E-state index in [1.54, 1.807) is 35.4 Å². The molecule has 3 aliphatic heterocycles. The van der Waals surface area contributed by atoms with E-state index in [1.807, 2.05) is 41.3 Å². The fourth-order valence-electron chi connectivity index (χ4n) is 6.45. The summed E-state index contributed by atoms with van der Waals surface area (Å²) in [5.74, 6) is -0.669. The molecular formula is C33H31N5O5. The van der Waals surface area contributed by atoms with Gasteiger partial charge in [-0.15, -0.1) is 0 Å². The van der Waals surface area contributed by atoms with Gasteiger partial charge in [0.2, 0.25) is 5.91 Å². The molecule has 2 saturated heterocycles. The predicted molar refractivity (Wildman–Crippen MR) is 159 cm³/mol. The van der Waals surface area contributed by atoms with Crippen LogP contribution in [0, 0.1) is 5.92 Å². The molecule has 5 heterocycles. The second kappa shape index (κ2) is 11.0. The number of hydrogen-bond donors (Lipinski definition) is 0. The predicted octanol–water partition coefficient (Wildman–Crippen LogP) is 3.83. The van der Waals surface area contributed by atoms with Crippen LogP contribution in [0.25, 0.3) is 10.9 Å².